The molecule has 1 N–H and O–H groups in total. The SMILES string of the molecule is CC(C)c1ccc(NC(=O)c2cccc3cc(-c4cccc5cnccc45)ccc23)cc1. The van der Waals surface area contributed by atoms with E-state index in [1.807, 2.05) is 48.8 Å². The van der Waals surface area contributed by atoms with E-state index in [1.165, 1.54) is 10.9 Å². The van der Waals surface area contributed by atoms with Gasteiger partial charge in [-0.25, -0.2) is 0 Å². The van der Waals surface area contributed by atoms with E-state index in [9.17, 15) is 4.79 Å². The van der Waals surface area contributed by atoms with Gasteiger partial charge in [-0.1, -0.05) is 68.4 Å². The minimum atomic E-state index is -0.100. The van der Waals surface area contributed by atoms with Crippen LogP contribution in [0.1, 0.15) is 35.7 Å². The van der Waals surface area contributed by atoms with E-state index < -0.39 is 0 Å². The molecule has 3 heteroatoms. The molecule has 156 valence electrons. The normalized spacial score (nSPS) is 11.2. The quantitative estimate of drug-likeness (QED) is 0.331. The highest BCUT2D eigenvalue weighted by molar-refractivity contribution is 6.13. The Balaban J connectivity index is 1.50. The number of aromatic nitrogens is 1. The van der Waals surface area contributed by atoms with Crippen molar-refractivity contribution in [2.75, 3.05) is 5.32 Å². The van der Waals surface area contributed by atoms with E-state index in [0.717, 1.165) is 33.0 Å². The first-order chi connectivity index (χ1) is 15.6. The van der Waals surface area contributed by atoms with Gasteiger partial charge in [-0.15, -0.1) is 0 Å². The van der Waals surface area contributed by atoms with Gasteiger partial charge in [0.2, 0.25) is 0 Å². The van der Waals surface area contributed by atoms with Gasteiger partial charge in [-0.05, 0) is 69.1 Å². The molecule has 0 saturated carbocycles. The maximum atomic E-state index is 13.1. The van der Waals surface area contributed by atoms with Crippen LogP contribution in [0.25, 0.3) is 32.7 Å². The lowest BCUT2D eigenvalue weighted by Crippen LogP contribution is -2.12. The van der Waals surface area contributed by atoms with E-state index >= 15 is 0 Å². The molecule has 1 amide bonds. The van der Waals surface area contributed by atoms with Gasteiger partial charge in [0, 0.05) is 29.0 Å². The number of nitrogens with zero attached hydrogens (tertiary/aromatic N) is 1. The number of amides is 1. The number of anilines is 1. The summed E-state index contributed by atoms with van der Waals surface area (Å²) in [4.78, 5) is 17.3. The highest BCUT2D eigenvalue weighted by Crippen LogP contribution is 2.31. The van der Waals surface area contributed by atoms with Gasteiger partial charge in [-0.3, -0.25) is 9.78 Å². The molecule has 0 saturated heterocycles. The van der Waals surface area contributed by atoms with Crippen molar-refractivity contribution in [1.29, 1.82) is 0 Å². The molecule has 1 aromatic heterocycles. The van der Waals surface area contributed by atoms with Crippen molar-refractivity contribution >= 4 is 33.1 Å². The molecule has 5 rings (SSSR count). The minimum Gasteiger partial charge on any atom is -0.322 e. The van der Waals surface area contributed by atoms with Gasteiger partial charge in [-0.2, -0.15) is 0 Å². The number of rotatable bonds is 4. The highest BCUT2D eigenvalue weighted by Gasteiger charge is 2.12. The number of benzene rings is 4. The van der Waals surface area contributed by atoms with Crippen molar-refractivity contribution in [2.45, 2.75) is 19.8 Å². The van der Waals surface area contributed by atoms with Crippen molar-refractivity contribution < 1.29 is 4.79 Å². The summed E-state index contributed by atoms with van der Waals surface area (Å²) < 4.78 is 0. The van der Waals surface area contributed by atoms with E-state index in [0.29, 0.717) is 11.5 Å². The fraction of sp³-hybridized carbons (Fsp3) is 0.103. The Labute approximate surface area is 187 Å². The summed E-state index contributed by atoms with van der Waals surface area (Å²) in [6.45, 7) is 4.32. The van der Waals surface area contributed by atoms with Crippen LogP contribution in [0.5, 0.6) is 0 Å². The van der Waals surface area contributed by atoms with Gasteiger partial charge in [0.05, 0.1) is 0 Å². The number of carbonyl (C=O) groups excluding carboxylic acids is 1. The molecule has 5 aromatic rings. The molecule has 0 radical (unpaired) electrons. The van der Waals surface area contributed by atoms with Crippen molar-refractivity contribution in [3.05, 3.63) is 108 Å². The Kier molecular flexibility index (Phi) is 5.16. The molecule has 0 aliphatic heterocycles. The van der Waals surface area contributed by atoms with Gasteiger partial charge in [0.25, 0.3) is 5.91 Å². The topological polar surface area (TPSA) is 42.0 Å². The molecule has 3 nitrogen and oxygen atoms in total. The van der Waals surface area contributed by atoms with E-state index in [-0.39, 0.29) is 5.91 Å². The summed E-state index contributed by atoms with van der Waals surface area (Å²) in [6.07, 6.45) is 3.71. The zero-order valence-electron chi connectivity index (χ0n) is 18.2. The van der Waals surface area contributed by atoms with Crippen LogP contribution in [-0.4, -0.2) is 10.9 Å². The van der Waals surface area contributed by atoms with Crippen LogP contribution in [-0.2, 0) is 0 Å². The van der Waals surface area contributed by atoms with Crippen LogP contribution in [0, 0.1) is 0 Å². The Morgan fingerprint density at radius 1 is 0.812 bits per heavy atom. The van der Waals surface area contributed by atoms with Crippen LogP contribution in [0.3, 0.4) is 0 Å². The molecule has 0 unspecified atom stereocenters. The summed E-state index contributed by atoms with van der Waals surface area (Å²) >= 11 is 0. The summed E-state index contributed by atoms with van der Waals surface area (Å²) in [5.74, 6) is 0.363. The second-order valence-electron chi connectivity index (χ2n) is 8.37. The van der Waals surface area contributed by atoms with Gasteiger partial charge in [0.1, 0.15) is 0 Å². The molecular formula is C29H24N2O. The maximum Gasteiger partial charge on any atom is 0.256 e. The maximum absolute atomic E-state index is 13.1. The first-order valence-corrected chi connectivity index (χ1v) is 10.9. The van der Waals surface area contributed by atoms with Crippen LogP contribution < -0.4 is 5.32 Å². The first kappa shape index (κ1) is 20.0. The van der Waals surface area contributed by atoms with Gasteiger partial charge < -0.3 is 5.32 Å². The third kappa shape index (κ3) is 3.74. The molecule has 0 aliphatic rings. The fourth-order valence-corrected chi connectivity index (χ4v) is 4.17. The van der Waals surface area contributed by atoms with Crippen LogP contribution in [0.4, 0.5) is 5.69 Å². The molecule has 0 aliphatic carbocycles. The van der Waals surface area contributed by atoms with Crippen molar-refractivity contribution in [1.82, 2.24) is 4.98 Å². The molecule has 0 bridgehead atoms. The fourth-order valence-electron chi connectivity index (χ4n) is 4.17. The zero-order chi connectivity index (χ0) is 22.1. The number of fused-ring (bicyclic) bond motifs is 2. The Hall–Kier alpha value is -3.98. The Morgan fingerprint density at radius 3 is 2.41 bits per heavy atom. The number of pyridine rings is 1. The number of carbonyl (C=O) groups is 1. The second kappa shape index (κ2) is 8.27. The smallest absolute Gasteiger partial charge is 0.256 e. The molecule has 32 heavy (non-hydrogen) atoms. The standard InChI is InChI=1S/C29H24N2O/c1-19(2)20-9-12-24(13-10-20)31-29(32)28-8-3-5-21-17-22(11-14-26(21)28)25-7-4-6-23-18-30-16-15-27(23)25/h3-19H,1-2H3,(H,31,32). The highest BCUT2D eigenvalue weighted by atomic mass is 16.1. The monoisotopic (exact) mass is 416 g/mol. The van der Waals surface area contributed by atoms with Crippen LogP contribution in [0.15, 0.2) is 97.3 Å². The van der Waals surface area contributed by atoms with Crippen LogP contribution >= 0.6 is 0 Å². The average molecular weight is 417 g/mol. The molecular weight excluding hydrogens is 392 g/mol. The lowest BCUT2D eigenvalue weighted by molar-refractivity contribution is 0.102. The molecule has 0 atom stereocenters. The number of hydrogen-bond donors (Lipinski definition) is 1. The third-order valence-corrected chi connectivity index (χ3v) is 5.95. The molecule has 0 fully saturated rings. The molecule has 0 spiro atoms. The minimum absolute atomic E-state index is 0.100. The lowest BCUT2D eigenvalue weighted by atomic mass is 9.95. The van der Waals surface area contributed by atoms with Crippen molar-refractivity contribution in [2.24, 2.45) is 0 Å². The largest absolute Gasteiger partial charge is 0.322 e. The Bertz CT molecular complexity index is 1430. The first-order valence-electron chi connectivity index (χ1n) is 10.9. The van der Waals surface area contributed by atoms with Crippen molar-refractivity contribution in [3.8, 4) is 11.1 Å². The van der Waals surface area contributed by atoms with Gasteiger partial charge in [0.15, 0.2) is 0 Å². The van der Waals surface area contributed by atoms with E-state index in [4.69, 9.17) is 0 Å². The number of hydrogen-bond acceptors (Lipinski definition) is 2. The predicted molar refractivity (Wildman–Crippen MR) is 133 cm³/mol. The van der Waals surface area contributed by atoms with E-state index in [2.05, 4.69) is 72.7 Å². The number of nitrogens with one attached hydrogen (secondary N) is 1. The Morgan fingerprint density at radius 2 is 1.59 bits per heavy atom. The second-order valence-corrected chi connectivity index (χ2v) is 8.37. The summed E-state index contributed by atoms with van der Waals surface area (Å²) in [6, 6.07) is 28.5. The summed E-state index contributed by atoms with van der Waals surface area (Å²) in [5.41, 5.74) is 5.01. The average Bonchev–Trinajstić information content (AvgIpc) is 2.83. The van der Waals surface area contributed by atoms with Gasteiger partial charge >= 0.3 is 0 Å². The lowest BCUT2D eigenvalue weighted by Gasteiger charge is -2.12. The summed E-state index contributed by atoms with van der Waals surface area (Å²) in [5, 5.41) is 7.30. The zero-order valence-corrected chi connectivity index (χ0v) is 18.2. The van der Waals surface area contributed by atoms with E-state index in [1.54, 1.807) is 0 Å². The molecule has 4 aromatic carbocycles. The molecule has 1 heterocycles. The summed E-state index contributed by atoms with van der Waals surface area (Å²) in [7, 11) is 0. The van der Waals surface area contributed by atoms with Crippen molar-refractivity contribution in [3.63, 3.8) is 0 Å². The predicted octanol–water partition coefficient (Wildman–Crippen LogP) is 7.43. The third-order valence-electron chi connectivity index (χ3n) is 5.95. The van der Waals surface area contributed by atoms with Crippen LogP contribution in [0.2, 0.25) is 0 Å².